The molecular weight excluding hydrogens is 372 g/mol. The Balaban J connectivity index is 1.56. The summed E-state index contributed by atoms with van der Waals surface area (Å²) in [5, 5.41) is 11.8. The second kappa shape index (κ2) is 8.48. The third-order valence-electron chi connectivity index (χ3n) is 6.43. The van der Waals surface area contributed by atoms with Crippen molar-refractivity contribution in [2.45, 2.75) is 24.6 Å². The number of benzene rings is 2. The summed E-state index contributed by atoms with van der Waals surface area (Å²) in [4.78, 5) is 6.94. The zero-order valence-electron chi connectivity index (χ0n) is 16.9. The quantitative estimate of drug-likeness (QED) is 0.853. The minimum Gasteiger partial charge on any atom is -0.383 e. The zero-order chi connectivity index (χ0) is 20.4. The Kier molecular flexibility index (Phi) is 5.97. The van der Waals surface area contributed by atoms with E-state index in [4.69, 9.17) is 0 Å². The largest absolute Gasteiger partial charge is 0.383 e. The monoisotopic (exact) mass is 401 g/mol. The molecule has 0 bridgehead atoms. The maximum absolute atomic E-state index is 13.6. The predicted octanol–water partition coefficient (Wildman–Crippen LogP) is 2.67. The molecule has 2 aromatic carbocycles. The number of likely N-dealkylation sites (N-methyl/N-ethyl adjacent to an activating group) is 1. The number of likely N-dealkylation sites (tertiary alicyclic amines) is 1. The first-order valence-corrected chi connectivity index (χ1v) is 10.3. The van der Waals surface area contributed by atoms with Crippen molar-refractivity contribution in [2.24, 2.45) is 0 Å². The van der Waals surface area contributed by atoms with E-state index in [0.29, 0.717) is 26.1 Å². The lowest BCUT2D eigenvalue weighted by molar-refractivity contribution is -0.108. The van der Waals surface area contributed by atoms with Crippen LogP contribution in [0.2, 0.25) is 0 Å². The molecule has 0 unspecified atom stereocenters. The number of hydrogen-bond donors (Lipinski definition) is 1. The van der Waals surface area contributed by atoms with Crippen molar-refractivity contribution in [3.05, 3.63) is 71.3 Å². The predicted molar refractivity (Wildman–Crippen MR) is 109 cm³/mol. The second-order valence-electron chi connectivity index (χ2n) is 8.38. The lowest BCUT2D eigenvalue weighted by Gasteiger charge is -2.51. The topological polar surface area (TPSA) is 30.0 Å². The van der Waals surface area contributed by atoms with E-state index in [1.165, 1.54) is 12.1 Å². The van der Waals surface area contributed by atoms with Crippen molar-refractivity contribution in [1.82, 2.24) is 14.7 Å². The van der Waals surface area contributed by atoms with E-state index in [1.54, 1.807) is 6.07 Å². The fraction of sp³-hybridized carbons (Fsp3) is 0.478. The van der Waals surface area contributed by atoms with E-state index < -0.39 is 17.2 Å². The van der Waals surface area contributed by atoms with E-state index in [0.717, 1.165) is 37.3 Å². The Bertz CT molecular complexity index is 826. The molecule has 0 saturated carbocycles. The van der Waals surface area contributed by atoms with Crippen molar-refractivity contribution < 1.29 is 13.9 Å². The molecule has 2 atom stereocenters. The van der Waals surface area contributed by atoms with Crippen molar-refractivity contribution in [2.75, 3.05) is 46.3 Å². The smallest absolute Gasteiger partial charge is 0.159 e. The fourth-order valence-electron chi connectivity index (χ4n) is 4.64. The highest BCUT2D eigenvalue weighted by atomic mass is 19.2. The van der Waals surface area contributed by atoms with Gasteiger partial charge in [0.2, 0.25) is 0 Å². The molecule has 2 heterocycles. The van der Waals surface area contributed by atoms with Crippen LogP contribution in [0.5, 0.6) is 0 Å². The van der Waals surface area contributed by atoms with Crippen molar-refractivity contribution in [1.29, 1.82) is 0 Å². The normalized spacial score (nSPS) is 27.2. The van der Waals surface area contributed by atoms with Crippen LogP contribution in [0.25, 0.3) is 0 Å². The minimum atomic E-state index is -0.915. The van der Waals surface area contributed by atoms with Crippen LogP contribution in [-0.4, -0.2) is 72.2 Å². The SMILES string of the molecule is CN1CCN([C@@H]2CN(Cc3ccc(F)c(F)c3)CC[C@]2(O)c2ccccc2)CC1. The van der Waals surface area contributed by atoms with Gasteiger partial charge in [0.15, 0.2) is 11.6 Å². The molecule has 29 heavy (non-hydrogen) atoms. The highest BCUT2D eigenvalue weighted by Crippen LogP contribution is 2.37. The molecule has 6 heteroatoms. The summed E-state index contributed by atoms with van der Waals surface area (Å²) in [5.41, 5.74) is 0.796. The van der Waals surface area contributed by atoms with Crippen LogP contribution in [0.15, 0.2) is 48.5 Å². The Morgan fingerprint density at radius 3 is 2.38 bits per heavy atom. The average Bonchev–Trinajstić information content (AvgIpc) is 2.74. The molecule has 0 radical (unpaired) electrons. The van der Waals surface area contributed by atoms with Gasteiger partial charge in [-0.3, -0.25) is 9.80 Å². The van der Waals surface area contributed by atoms with Crippen LogP contribution in [0.1, 0.15) is 17.5 Å². The first-order valence-electron chi connectivity index (χ1n) is 10.3. The molecule has 2 aliphatic heterocycles. The van der Waals surface area contributed by atoms with Gasteiger partial charge in [0, 0.05) is 45.8 Å². The van der Waals surface area contributed by atoms with Gasteiger partial charge in [0.25, 0.3) is 0 Å². The number of hydrogen-bond acceptors (Lipinski definition) is 4. The first-order chi connectivity index (χ1) is 14.0. The molecule has 2 aliphatic rings. The van der Waals surface area contributed by atoms with Crippen LogP contribution < -0.4 is 0 Å². The summed E-state index contributed by atoms with van der Waals surface area (Å²) in [6.07, 6.45) is 0.609. The molecular formula is C23H29F2N3O. The maximum atomic E-state index is 13.6. The maximum Gasteiger partial charge on any atom is 0.159 e. The Hall–Kier alpha value is -1.86. The van der Waals surface area contributed by atoms with Crippen LogP contribution in [0.3, 0.4) is 0 Å². The van der Waals surface area contributed by atoms with Gasteiger partial charge in [0.1, 0.15) is 5.60 Å². The molecule has 0 spiro atoms. The number of piperazine rings is 1. The van der Waals surface area contributed by atoms with Crippen LogP contribution in [-0.2, 0) is 12.1 Å². The van der Waals surface area contributed by atoms with Gasteiger partial charge in [-0.05, 0) is 36.7 Å². The molecule has 0 aromatic heterocycles. The van der Waals surface area contributed by atoms with Gasteiger partial charge >= 0.3 is 0 Å². The Labute approximate surface area is 171 Å². The second-order valence-corrected chi connectivity index (χ2v) is 8.38. The molecule has 2 saturated heterocycles. The molecule has 4 nitrogen and oxygen atoms in total. The highest BCUT2D eigenvalue weighted by molar-refractivity contribution is 5.26. The minimum absolute atomic E-state index is 0.0438. The molecule has 2 fully saturated rings. The van der Waals surface area contributed by atoms with E-state index in [-0.39, 0.29) is 6.04 Å². The highest BCUT2D eigenvalue weighted by Gasteiger charge is 2.46. The molecule has 4 rings (SSSR count). The summed E-state index contributed by atoms with van der Waals surface area (Å²) >= 11 is 0. The summed E-state index contributed by atoms with van der Waals surface area (Å²) < 4.78 is 26.9. The number of rotatable bonds is 4. The van der Waals surface area contributed by atoms with Crippen molar-refractivity contribution in [3.63, 3.8) is 0 Å². The van der Waals surface area contributed by atoms with Crippen LogP contribution >= 0.6 is 0 Å². The Morgan fingerprint density at radius 1 is 0.966 bits per heavy atom. The molecule has 0 aliphatic carbocycles. The first kappa shape index (κ1) is 20.4. The molecule has 0 amide bonds. The number of halogens is 2. The van der Waals surface area contributed by atoms with E-state index >= 15 is 0 Å². The summed E-state index contributed by atoms with van der Waals surface area (Å²) in [7, 11) is 2.12. The number of aliphatic hydroxyl groups is 1. The number of piperidine rings is 1. The van der Waals surface area contributed by atoms with Crippen LogP contribution in [0, 0.1) is 11.6 Å². The summed E-state index contributed by atoms with van der Waals surface area (Å²) in [6.45, 7) is 5.72. The van der Waals surface area contributed by atoms with Gasteiger partial charge in [-0.1, -0.05) is 36.4 Å². The lowest BCUT2D eigenvalue weighted by atomic mass is 9.79. The third kappa shape index (κ3) is 4.36. The standard InChI is InChI=1S/C23H29F2N3O/c1-26-11-13-28(14-12-26)22-17-27(16-18-7-8-20(24)21(25)15-18)10-9-23(22,29)19-5-3-2-4-6-19/h2-8,15,22,29H,9-14,16-17H2,1H3/t22-,23+/m1/s1. The van der Waals surface area contributed by atoms with Gasteiger partial charge in [-0.25, -0.2) is 8.78 Å². The molecule has 2 aromatic rings. The Morgan fingerprint density at radius 2 is 1.69 bits per heavy atom. The van der Waals surface area contributed by atoms with Crippen molar-refractivity contribution in [3.8, 4) is 0 Å². The van der Waals surface area contributed by atoms with Crippen LogP contribution in [0.4, 0.5) is 8.78 Å². The van der Waals surface area contributed by atoms with E-state index in [1.807, 2.05) is 30.3 Å². The fourth-order valence-corrected chi connectivity index (χ4v) is 4.64. The van der Waals surface area contributed by atoms with Gasteiger partial charge < -0.3 is 10.0 Å². The molecule has 156 valence electrons. The number of nitrogens with zero attached hydrogens (tertiary/aromatic N) is 3. The van der Waals surface area contributed by atoms with Gasteiger partial charge in [-0.2, -0.15) is 0 Å². The average molecular weight is 402 g/mol. The summed E-state index contributed by atoms with van der Waals surface area (Å²) in [6, 6.07) is 14.0. The van der Waals surface area contributed by atoms with Gasteiger partial charge in [0.05, 0.1) is 6.04 Å². The van der Waals surface area contributed by atoms with Crippen molar-refractivity contribution >= 4 is 0 Å². The third-order valence-corrected chi connectivity index (χ3v) is 6.43. The molecule has 1 N–H and O–H groups in total. The van der Waals surface area contributed by atoms with E-state index in [9.17, 15) is 13.9 Å². The lowest BCUT2D eigenvalue weighted by Crippen LogP contribution is -2.63. The van der Waals surface area contributed by atoms with E-state index in [2.05, 4.69) is 21.7 Å². The summed E-state index contributed by atoms with van der Waals surface area (Å²) in [5.74, 6) is -1.63. The zero-order valence-corrected chi connectivity index (χ0v) is 16.9. The van der Waals surface area contributed by atoms with Gasteiger partial charge in [-0.15, -0.1) is 0 Å².